The number of carbonyl (C=O) groups is 1. The molecule has 0 saturated carbocycles. The molecular weight excluding hydrogens is 284 g/mol. The monoisotopic (exact) mass is 303 g/mol. The van der Waals surface area contributed by atoms with Gasteiger partial charge in [0.15, 0.2) is 11.6 Å². The first kappa shape index (κ1) is 16.9. The highest BCUT2D eigenvalue weighted by atomic mass is 32.2. The van der Waals surface area contributed by atoms with Crippen molar-refractivity contribution in [2.24, 2.45) is 0 Å². The molecule has 0 unspecified atom stereocenters. The molecule has 0 aromatic heterocycles. The highest BCUT2D eigenvalue weighted by Crippen LogP contribution is 2.21. The molecule has 1 amide bonds. The summed E-state index contributed by atoms with van der Waals surface area (Å²) in [5.41, 5.74) is 0. The molecule has 1 aromatic carbocycles. The summed E-state index contributed by atoms with van der Waals surface area (Å²) in [4.78, 5) is 14.3. The number of hydrogen-bond acceptors (Lipinski definition) is 3. The topological polar surface area (TPSA) is 40.5 Å². The molecule has 112 valence electrons. The number of benzene rings is 1. The zero-order chi connectivity index (χ0) is 15.1. The van der Waals surface area contributed by atoms with E-state index in [1.54, 1.807) is 4.90 Å². The Morgan fingerprint density at radius 1 is 1.35 bits per heavy atom. The summed E-state index contributed by atoms with van der Waals surface area (Å²) in [6.45, 7) is 4.33. The molecule has 0 heterocycles. The second-order valence-corrected chi connectivity index (χ2v) is 5.67. The summed E-state index contributed by atoms with van der Waals surface area (Å²) in [5.74, 6) is -1.73. The normalized spacial score (nSPS) is 10.9. The molecule has 0 aliphatic rings. The maximum absolute atomic E-state index is 13.0. The molecule has 0 radical (unpaired) electrons. The molecule has 1 N–H and O–H groups in total. The maximum atomic E-state index is 13.0. The molecule has 0 bridgehead atoms. The van der Waals surface area contributed by atoms with Crippen molar-refractivity contribution in [1.82, 2.24) is 4.90 Å². The number of carbonyl (C=O) groups excluding carboxylic acids is 1. The lowest BCUT2D eigenvalue weighted by Crippen LogP contribution is -2.39. The lowest BCUT2D eigenvalue weighted by atomic mass is 10.3. The lowest BCUT2D eigenvalue weighted by Gasteiger charge is -2.26. The van der Waals surface area contributed by atoms with Crippen molar-refractivity contribution < 1.29 is 18.7 Å². The summed E-state index contributed by atoms with van der Waals surface area (Å²) >= 11 is 1.17. The van der Waals surface area contributed by atoms with Gasteiger partial charge < -0.3 is 10.0 Å². The van der Waals surface area contributed by atoms with E-state index in [0.29, 0.717) is 17.9 Å². The minimum atomic E-state index is -0.913. The van der Waals surface area contributed by atoms with Crippen molar-refractivity contribution in [2.75, 3.05) is 18.9 Å². The number of halogens is 2. The highest BCUT2D eigenvalue weighted by Gasteiger charge is 2.16. The minimum Gasteiger partial charge on any atom is -0.396 e. The molecule has 3 nitrogen and oxygen atoms in total. The van der Waals surface area contributed by atoms with Crippen molar-refractivity contribution in [1.29, 1.82) is 0 Å². The molecule has 0 fully saturated rings. The van der Waals surface area contributed by atoms with Gasteiger partial charge in [-0.05, 0) is 38.5 Å². The number of aliphatic hydroxyl groups excluding tert-OH is 1. The van der Waals surface area contributed by atoms with Crippen LogP contribution >= 0.6 is 11.8 Å². The number of aliphatic hydroxyl groups is 1. The van der Waals surface area contributed by atoms with Crippen molar-refractivity contribution >= 4 is 17.7 Å². The Morgan fingerprint density at radius 2 is 2.05 bits per heavy atom. The molecule has 20 heavy (non-hydrogen) atoms. The number of nitrogens with zero attached hydrogens (tertiary/aromatic N) is 1. The first-order chi connectivity index (χ1) is 9.45. The van der Waals surface area contributed by atoms with E-state index in [0.717, 1.165) is 12.1 Å². The van der Waals surface area contributed by atoms with Crippen LogP contribution in [0, 0.1) is 11.6 Å². The van der Waals surface area contributed by atoms with Gasteiger partial charge >= 0.3 is 0 Å². The van der Waals surface area contributed by atoms with Crippen LogP contribution in [0.4, 0.5) is 8.78 Å². The van der Waals surface area contributed by atoms with E-state index in [2.05, 4.69) is 0 Å². The Kier molecular flexibility index (Phi) is 6.95. The maximum Gasteiger partial charge on any atom is 0.233 e. The molecule has 0 saturated heterocycles. The van der Waals surface area contributed by atoms with Crippen LogP contribution < -0.4 is 0 Å². The number of thioether (sulfide) groups is 1. The van der Waals surface area contributed by atoms with Gasteiger partial charge in [-0.1, -0.05) is 0 Å². The van der Waals surface area contributed by atoms with E-state index in [9.17, 15) is 13.6 Å². The van der Waals surface area contributed by atoms with Crippen LogP contribution in [0.3, 0.4) is 0 Å². The van der Waals surface area contributed by atoms with Crippen molar-refractivity contribution in [3.8, 4) is 0 Å². The van der Waals surface area contributed by atoms with Gasteiger partial charge in [0.25, 0.3) is 0 Å². The quantitative estimate of drug-likeness (QED) is 0.787. The van der Waals surface area contributed by atoms with Gasteiger partial charge in [-0.15, -0.1) is 11.8 Å². The average molecular weight is 303 g/mol. The van der Waals surface area contributed by atoms with Gasteiger partial charge in [-0.2, -0.15) is 0 Å². The Bertz CT molecular complexity index is 455. The van der Waals surface area contributed by atoms with Gasteiger partial charge in [0, 0.05) is 24.1 Å². The largest absolute Gasteiger partial charge is 0.396 e. The van der Waals surface area contributed by atoms with Gasteiger partial charge in [-0.25, -0.2) is 8.78 Å². The van der Waals surface area contributed by atoms with Crippen LogP contribution in [-0.2, 0) is 4.79 Å². The summed E-state index contributed by atoms with van der Waals surface area (Å²) in [5, 5.41) is 8.82. The van der Waals surface area contributed by atoms with Gasteiger partial charge in [0.1, 0.15) is 0 Å². The number of amides is 1. The molecule has 0 aliphatic carbocycles. The predicted molar refractivity (Wildman–Crippen MR) is 75.6 cm³/mol. The molecule has 1 rings (SSSR count). The lowest BCUT2D eigenvalue weighted by molar-refractivity contribution is -0.130. The highest BCUT2D eigenvalue weighted by molar-refractivity contribution is 8.00. The fourth-order valence-corrected chi connectivity index (χ4v) is 2.51. The van der Waals surface area contributed by atoms with Crippen molar-refractivity contribution in [3.63, 3.8) is 0 Å². The van der Waals surface area contributed by atoms with E-state index < -0.39 is 11.6 Å². The molecular formula is C14H19F2NO2S. The zero-order valence-electron chi connectivity index (χ0n) is 11.6. The Labute approximate surface area is 122 Å². The number of rotatable bonds is 7. The first-order valence-corrected chi connectivity index (χ1v) is 7.42. The molecule has 1 aromatic rings. The van der Waals surface area contributed by atoms with Crippen LogP contribution in [0.2, 0.25) is 0 Å². The van der Waals surface area contributed by atoms with Gasteiger partial charge in [0.2, 0.25) is 5.91 Å². The van der Waals surface area contributed by atoms with E-state index in [-0.39, 0.29) is 24.3 Å². The predicted octanol–water partition coefficient (Wildman–Crippen LogP) is 2.68. The fourth-order valence-electron chi connectivity index (χ4n) is 1.71. The van der Waals surface area contributed by atoms with Gasteiger partial charge in [-0.3, -0.25) is 4.79 Å². The van der Waals surface area contributed by atoms with E-state index >= 15 is 0 Å². The van der Waals surface area contributed by atoms with Crippen molar-refractivity contribution in [3.05, 3.63) is 29.8 Å². The third-order valence-corrected chi connectivity index (χ3v) is 3.73. The third kappa shape index (κ3) is 5.09. The first-order valence-electron chi connectivity index (χ1n) is 6.44. The van der Waals surface area contributed by atoms with E-state index in [4.69, 9.17) is 5.11 Å². The Morgan fingerprint density at radius 3 is 2.60 bits per heavy atom. The standard InChI is InChI=1S/C14H19F2NO2S/c1-10(2)17(6-3-7-18)14(19)9-20-11-4-5-12(15)13(16)8-11/h4-5,8,10,18H,3,6-7,9H2,1-2H3. The summed E-state index contributed by atoms with van der Waals surface area (Å²) in [7, 11) is 0. The zero-order valence-corrected chi connectivity index (χ0v) is 12.4. The molecule has 0 spiro atoms. The van der Waals surface area contributed by atoms with Crippen LogP contribution in [0.15, 0.2) is 23.1 Å². The smallest absolute Gasteiger partial charge is 0.233 e. The van der Waals surface area contributed by atoms with Crippen LogP contribution in [0.5, 0.6) is 0 Å². The van der Waals surface area contributed by atoms with Crippen LogP contribution in [0.1, 0.15) is 20.3 Å². The summed E-state index contributed by atoms with van der Waals surface area (Å²) in [6.07, 6.45) is 0.528. The van der Waals surface area contributed by atoms with E-state index in [1.165, 1.54) is 17.8 Å². The second kappa shape index (κ2) is 8.21. The van der Waals surface area contributed by atoms with Crippen LogP contribution in [-0.4, -0.2) is 40.9 Å². The minimum absolute atomic E-state index is 0.0345. The number of hydrogen-bond donors (Lipinski definition) is 1. The molecule has 0 atom stereocenters. The fraction of sp³-hybridized carbons (Fsp3) is 0.500. The second-order valence-electron chi connectivity index (χ2n) is 4.62. The Hall–Kier alpha value is -1.14. The van der Waals surface area contributed by atoms with Crippen molar-refractivity contribution in [2.45, 2.75) is 31.2 Å². The summed E-state index contributed by atoms with van der Waals surface area (Å²) < 4.78 is 25.8. The SMILES string of the molecule is CC(C)N(CCCO)C(=O)CSc1ccc(F)c(F)c1. The average Bonchev–Trinajstić information content (AvgIpc) is 2.40. The summed E-state index contributed by atoms with van der Waals surface area (Å²) in [6, 6.07) is 3.62. The molecule has 0 aliphatic heterocycles. The van der Waals surface area contributed by atoms with Gasteiger partial charge in [0.05, 0.1) is 5.75 Å². The molecule has 6 heteroatoms. The Balaban J connectivity index is 2.57. The third-order valence-electron chi connectivity index (χ3n) is 2.75. The van der Waals surface area contributed by atoms with E-state index in [1.807, 2.05) is 13.8 Å². The van der Waals surface area contributed by atoms with Crippen LogP contribution in [0.25, 0.3) is 0 Å².